The van der Waals surface area contributed by atoms with Crippen molar-refractivity contribution in [1.82, 2.24) is 0 Å². The van der Waals surface area contributed by atoms with Gasteiger partial charge in [-0.05, 0) is 74.5 Å². The standard InChI is InChI=1S/C22H34O/c1-3-7-19-10-12-20(13-11-19)8-5-6-9-21-14-16-22(17-15-21)23-18-4-2/h5,8,14-17,19-20H,3-4,6-7,9-13,18H2,1-2H3/b8-5+/t19-,20-. The molecule has 0 atom stereocenters. The Morgan fingerprint density at radius 1 is 1.00 bits per heavy atom. The van der Waals surface area contributed by atoms with E-state index in [4.69, 9.17) is 4.74 Å². The third-order valence-corrected chi connectivity index (χ3v) is 4.99. The molecule has 1 aromatic carbocycles. The minimum absolute atomic E-state index is 0.808. The zero-order valence-corrected chi connectivity index (χ0v) is 15.1. The molecule has 1 aliphatic rings. The van der Waals surface area contributed by atoms with Crippen molar-refractivity contribution in [2.75, 3.05) is 6.61 Å². The number of hydrogen-bond donors (Lipinski definition) is 0. The number of ether oxygens (including phenoxy) is 1. The van der Waals surface area contributed by atoms with Crippen LogP contribution in [-0.2, 0) is 6.42 Å². The second-order valence-electron chi connectivity index (χ2n) is 7.03. The second-order valence-corrected chi connectivity index (χ2v) is 7.03. The predicted molar refractivity (Wildman–Crippen MR) is 100 cm³/mol. The van der Waals surface area contributed by atoms with E-state index in [1.54, 1.807) is 0 Å². The zero-order chi connectivity index (χ0) is 16.3. The first-order chi connectivity index (χ1) is 11.3. The summed E-state index contributed by atoms with van der Waals surface area (Å²) in [5, 5.41) is 0. The Morgan fingerprint density at radius 2 is 1.74 bits per heavy atom. The molecule has 1 aliphatic carbocycles. The summed E-state index contributed by atoms with van der Waals surface area (Å²) in [5.41, 5.74) is 1.41. The van der Waals surface area contributed by atoms with Crippen molar-refractivity contribution in [2.24, 2.45) is 11.8 Å². The highest BCUT2D eigenvalue weighted by Gasteiger charge is 2.18. The van der Waals surface area contributed by atoms with Crippen LogP contribution in [0.1, 0.15) is 70.8 Å². The predicted octanol–water partition coefficient (Wildman–Crippen LogP) is 6.57. The van der Waals surface area contributed by atoms with Crippen LogP contribution in [0.2, 0.25) is 0 Å². The Bertz CT molecular complexity index is 438. The van der Waals surface area contributed by atoms with Gasteiger partial charge in [0.05, 0.1) is 6.61 Å². The molecule has 1 aromatic rings. The van der Waals surface area contributed by atoms with Crippen molar-refractivity contribution in [1.29, 1.82) is 0 Å². The SMILES string of the molecule is CCCOc1ccc(CC/C=C/[C@H]2CC[C@H](CCC)CC2)cc1. The van der Waals surface area contributed by atoms with Gasteiger partial charge in [0.2, 0.25) is 0 Å². The molecule has 0 amide bonds. The number of benzene rings is 1. The lowest BCUT2D eigenvalue weighted by Crippen LogP contribution is -2.12. The van der Waals surface area contributed by atoms with Gasteiger partial charge in [0.1, 0.15) is 5.75 Å². The Balaban J connectivity index is 1.64. The lowest BCUT2D eigenvalue weighted by molar-refractivity contribution is 0.294. The topological polar surface area (TPSA) is 9.23 Å². The summed E-state index contributed by atoms with van der Waals surface area (Å²) in [5.74, 6) is 2.85. The summed E-state index contributed by atoms with van der Waals surface area (Å²) < 4.78 is 5.63. The van der Waals surface area contributed by atoms with Crippen LogP contribution in [-0.4, -0.2) is 6.61 Å². The molecular formula is C22H34O. The van der Waals surface area contributed by atoms with Gasteiger partial charge in [0.25, 0.3) is 0 Å². The molecular weight excluding hydrogens is 280 g/mol. The molecule has 0 N–H and O–H groups in total. The maximum atomic E-state index is 5.63. The van der Waals surface area contributed by atoms with Crippen molar-refractivity contribution in [3.63, 3.8) is 0 Å². The van der Waals surface area contributed by atoms with Gasteiger partial charge in [0, 0.05) is 0 Å². The van der Waals surface area contributed by atoms with Gasteiger partial charge >= 0.3 is 0 Å². The third-order valence-electron chi connectivity index (χ3n) is 4.99. The normalized spacial score (nSPS) is 21.7. The van der Waals surface area contributed by atoms with Crippen molar-refractivity contribution in [2.45, 2.75) is 71.6 Å². The van der Waals surface area contributed by atoms with Crippen LogP contribution in [0, 0.1) is 11.8 Å². The lowest BCUT2D eigenvalue weighted by Gasteiger charge is -2.26. The van der Waals surface area contributed by atoms with Crippen molar-refractivity contribution < 1.29 is 4.74 Å². The number of hydrogen-bond acceptors (Lipinski definition) is 1. The first-order valence-corrected chi connectivity index (χ1v) is 9.70. The summed E-state index contributed by atoms with van der Waals surface area (Å²) in [7, 11) is 0. The Hall–Kier alpha value is -1.24. The van der Waals surface area contributed by atoms with Gasteiger partial charge in [-0.15, -0.1) is 0 Å². The highest BCUT2D eigenvalue weighted by molar-refractivity contribution is 5.27. The molecule has 23 heavy (non-hydrogen) atoms. The quantitative estimate of drug-likeness (QED) is 0.468. The monoisotopic (exact) mass is 314 g/mol. The fourth-order valence-corrected chi connectivity index (χ4v) is 3.59. The molecule has 1 nitrogen and oxygen atoms in total. The first-order valence-electron chi connectivity index (χ1n) is 9.70. The summed E-state index contributed by atoms with van der Waals surface area (Å²) in [6.45, 7) is 5.26. The van der Waals surface area contributed by atoms with Crippen LogP contribution < -0.4 is 4.74 Å². The molecule has 128 valence electrons. The molecule has 0 radical (unpaired) electrons. The number of aryl methyl sites for hydroxylation is 1. The van der Waals surface area contributed by atoms with E-state index >= 15 is 0 Å². The van der Waals surface area contributed by atoms with E-state index in [9.17, 15) is 0 Å². The van der Waals surface area contributed by atoms with Gasteiger partial charge in [-0.2, -0.15) is 0 Å². The van der Waals surface area contributed by atoms with Crippen LogP contribution in [0.4, 0.5) is 0 Å². The largest absolute Gasteiger partial charge is 0.494 e. The highest BCUT2D eigenvalue weighted by atomic mass is 16.5. The van der Waals surface area contributed by atoms with E-state index in [1.165, 1.54) is 44.1 Å². The van der Waals surface area contributed by atoms with Gasteiger partial charge in [0.15, 0.2) is 0 Å². The Morgan fingerprint density at radius 3 is 2.39 bits per heavy atom. The van der Waals surface area contributed by atoms with Gasteiger partial charge in [-0.25, -0.2) is 0 Å². The van der Waals surface area contributed by atoms with Crippen LogP contribution in [0.15, 0.2) is 36.4 Å². The molecule has 0 aliphatic heterocycles. The Kier molecular flexibility index (Phi) is 8.28. The summed E-state index contributed by atoms with van der Waals surface area (Å²) in [6, 6.07) is 8.61. The molecule has 1 saturated carbocycles. The number of allylic oxidation sites excluding steroid dienone is 2. The summed E-state index contributed by atoms with van der Waals surface area (Å²) in [4.78, 5) is 0. The summed E-state index contributed by atoms with van der Waals surface area (Å²) >= 11 is 0. The average Bonchev–Trinajstić information content (AvgIpc) is 2.59. The van der Waals surface area contributed by atoms with Crippen LogP contribution >= 0.6 is 0 Å². The molecule has 1 heteroatoms. The fraction of sp³-hybridized carbons (Fsp3) is 0.636. The third kappa shape index (κ3) is 6.81. The number of rotatable bonds is 9. The molecule has 0 spiro atoms. The van der Waals surface area contributed by atoms with Crippen LogP contribution in [0.3, 0.4) is 0 Å². The van der Waals surface area contributed by atoms with E-state index in [1.807, 2.05) is 0 Å². The highest BCUT2D eigenvalue weighted by Crippen LogP contribution is 2.32. The summed E-state index contributed by atoms with van der Waals surface area (Å²) in [6.07, 6.45) is 16.8. The maximum Gasteiger partial charge on any atom is 0.119 e. The van der Waals surface area contributed by atoms with Gasteiger partial charge in [-0.3, -0.25) is 0 Å². The second kappa shape index (κ2) is 10.5. The Labute approximate surface area is 143 Å². The van der Waals surface area contributed by atoms with Crippen LogP contribution in [0.25, 0.3) is 0 Å². The van der Waals surface area contributed by atoms with Crippen molar-refractivity contribution in [3.8, 4) is 5.75 Å². The van der Waals surface area contributed by atoms with E-state index in [2.05, 4.69) is 50.3 Å². The molecule has 0 heterocycles. The smallest absolute Gasteiger partial charge is 0.119 e. The molecule has 1 fully saturated rings. The minimum atomic E-state index is 0.808. The van der Waals surface area contributed by atoms with E-state index in [-0.39, 0.29) is 0 Å². The van der Waals surface area contributed by atoms with Crippen LogP contribution in [0.5, 0.6) is 5.75 Å². The van der Waals surface area contributed by atoms with E-state index in [0.29, 0.717) is 0 Å². The van der Waals surface area contributed by atoms with E-state index in [0.717, 1.165) is 43.5 Å². The molecule has 0 saturated heterocycles. The van der Waals surface area contributed by atoms with Gasteiger partial charge in [-0.1, -0.05) is 51.0 Å². The van der Waals surface area contributed by atoms with Gasteiger partial charge < -0.3 is 4.74 Å². The lowest BCUT2D eigenvalue weighted by atomic mass is 9.80. The molecule has 2 rings (SSSR count). The minimum Gasteiger partial charge on any atom is -0.494 e. The van der Waals surface area contributed by atoms with Crippen molar-refractivity contribution in [3.05, 3.63) is 42.0 Å². The van der Waals surface area contributed by atoms with Crippen molar-refractivity contribution >= 4 is 0 Å². The first kappa shape index (κ1) is 18.1. The fourth-order valence-electron chi connectivity index (χ4n) is 3.59. The van der Waals surface area contributed by atoms with E-state index < -0.39 is 0 Å². The molecule has 0 unspecified atom stereocenters. The maximum absolute atomic E-state index is 5.63. The zero-order valence-electron chi connectivity index (χ0n) is 15.1. The average molecular weight is 315 g/mol. The molecule has 0 aromatic heterocycles. The molecule has 0 bridgehead atoms.